The molecule has 1 atom stereocenters. The Morgan fingerprint density at radius 1 is 1.50 bits per heavy atom. The number of carbonyl (C=O) groups is 2. The van der Waals surface area contributed by atoms with Gasteiger partial charge in [-0.2, -0.15) is 0 Å². The van der Waals surface area contributed by atoms with Crippen LogP contribution in [0.15, 0.2) is 0 Å². The van der Waals surface area contributed by atoms with E-state index in [0.717, 1.165) is 32.2 Å². The van der Waals surface area contributed by atoms with Crippen molar-refractivity contribution in [3.05, 3.63) is 0 Å². The monoisotopic (exact) mass is 202 g/mol. The van der Waals surface area contributed by atoms with Crippen LogP contribution in [0, 0.1) is 0 Å². The van der Waals surface area contributed by atoms with Gasteiger partial charge in [0.1, 0.15) is 6.04 Å². The van der Waals surface area contributed by atoms with Gasteiger partial charge in [-0.15, -0.1) is 0 Å². The maximum absolute atomic E-state index is 10.3. The van der Waals surface area contributed by atoms with E-state index in [1.807, 2.05) is 0 Å². The third kappa shape index (κ3) is 6.42. The zero-order chi connectivity index (χ0) is 11.0. The average molecular weight is 202 g/mol. The van der Waals surface area contributed by atoms with Crippen LogP contribution >= 0.6 is 0 Å². The van der Waals surface area contributed by atoms with Crippen LogP contribution in [0.2, 0.25) is 0 Å². The number of carboxylic acids is 1. The Labute approximate surface area is 84.1 Å². The molecule has 0 bridgehead atoms. The van der Waals surface area contributed by atoms with Gasteiger partial charge in [-0.1, -0.05) is 6.42 Å². The van der Waals surface area contributed by atoms with E-state index in [2.05, 4.69) is 5.32 Å². The molecule has 0 aromatic rings. The summed E-state index contributed by atoms with van der Waals surface area (Å²) in [6.45, 7) is 0.858. The van der Waals surface area contributed by atoms with E-state index in [9.17, 15) is 9.59 Å². The van der Waals surface area contributed by atoms with Crippen LogP contribution in [-0.2, 0) is 9.59 Å². The fraction of sp³-hybridized carbons (Fsp3) is 0.778. The summed E-state index contributed by atoms with van der Waals surface area (Å²) in [6.07, 6.45) is 3.70. The Bertz CT molecular complexity index is 177. The van der Waals surface area contributed by atoms with Gasteiger partial charge in [-0.25, -0.2) is 0 Å². The maximum atomic E-state index is 10.3. The molecule has 1 heterocycles. The van der Waals surface area contributed by atoms with Crippen LogP contribution < -0.4 is 5.32 Å². The summed E-state index contributed by atoms with van der Waals surface area (Å²) in [4.78, 5) is 21.2. The average Bonchev–Trinajstić information content (AvgIpc) is 2.20. The smallest absolute Gasteiger partial charge is 0.320 e. The number of carbonyl (C=O) groups excluding carboxylic acids is 1. The Morgan fingerprint density at radius 3 is 2.29 bits per heavy atom. The number of amides is 1. The van der Waals surface area contributed by atoms with E-state index in [4.69, 9.17) is 5.11 Å². The van der Waals surface area contributed by atoms with Crippen LogP contribution in [0.1, 0.15) is 19.3 Å². The van der Waals surface area contributed by atoms with Crippen LogP contribution in [0.5, 0.6) is 0 Å². The van der Waals surface area contributed by atoms with Crippen molar-refractivity contribution in [2.24, 2.45) is 0 Å². The molecule has 5 heteroatoms. The molecule has 1 fully saturated rings. The fourth-order valence-electron chi connectivity index (χ4n) is 1.06. The second-order valence-electron chi connectivity index (χ2n) is 3.41. The van der Waals surface area contributed by atoms with Gasteiger partial charge in [-0.05, 0) is 19.4 Å². The highest BCUT2D eigenvalue weighted by Crippen LogP contribution is 2.05. The van der Waals surface area contributed by atoms with Crippen molar-refractivity contribution in [2.45, 2.75) is 25.3 Å². The number of nitrogens with one attached hydrogen (secondary N) is 1. The summed E-state index contributed by atoms with van der Waals surface area (Å²) >= 11 is 0. The number of nitrogens with zero attached hydrogens (tertiary/aromatic N) is 1. The van der Waals surface area contributed by atoms with Crippen LogP contribution in [0.3, 0.4) is 0 Å². The summed E-state index contributed by atoms with van der Waals surface area (Å²) in [5.74, 6) is -0.713. The van der Waals surface area contributed by atoms with E-state index >= 15 is 0 Å². The molecule has 0 radical (unpaired) electrons. The molecule has 14 heavy (non-hydrogen) atoms. The Kier molecular flexibility index (Phi) is 6.74. The quantitative estimate of drug-likeness (QED) is 0.614. The van der Waals surface area contributed by atoms with Gasteiger partial charge in [-0.3, -0.25) is 9.59 Å². The van der Waals surface area contributed by atoms with E-state index in [0.29, 0.717) is 0 Å². The molecule has 5 nitrogen and oxygen atoms in total. The largest absolute Gasteiger partial charge is 0.480 e. The standard InChI is InChI=1S/C6H11NO2.C3H7NO/c8-6(9)5-3-1-2-4-7-5;1-4(2)3-5/h5,7H,1-4H2,(H,8,9);3H,1-2H3. The van der Waals surface area contributed by atoms with Gasteiger partial charge in [0.2, 0.25) is 6.41 Å². The Balaban J connectivity index is 0.000000292. The topological polar surface area (TPSA) is 69.6 Å². The SMILES string of the molecule is CN(C)C=O.O=C(O)C1CCCCN1. The van der Waals surface area contributed by atoms with Crippen molar-refractivity contribution >= 4 is 12.4 Å². The molecule has 2 N–H and O–H groups in total. The van der Waals surface area contributed by atoms with Crippen molar-refractivity contribution in [2.75, 3.05) is 20.6 Å². The molecular weight excluding hydrogens is 184 g/mol. The Hall–Kier alpha value is -1.10. The predicted molar refractivity (Wildman–Crippen MR) is 53.0 cm³/mol. The lowest BCUT2D eigenvalue weighted by Crippen LogP contribution is -2.40. The van der Waals surface area contributed by atoms with Crippen molar-refractivity contribution in [3.8, 4) is 0 Å². The molecule has 0 spiro atoms. The number of hydrogen-bond acceptors (Lipinski definition) is 3. The van der Waals surface area contributed by atoms with Crippen molar-refractivity contribution < 1.29 is 14.7 Å². The highest BCUT2D eigenvalue weighted by molar-refractivity contribution is 5.73. The number of rotatable bonds is 2. The highest BCUT2D eigenvalue weighted by Gasteiger charge is 2.18. The summed E-state index contributed by atoms with van der Waals surface area (Å²) < 4.78 is 0. The highest BCUT2D eigenvalue weighted by atomic mass is 16.4. The van der Waals surface area contributed by atoms with Crippen LogP contribution in [0.4, 0.5) is 0 Å². The van der Waals surface area contributed by atoms with Crippen molar-refractivity contribution in [1.29, 1.82) is 0 Å². The second kappa shape index (κ2) is 7.32. The van der Waals surface area contributed by atoms with Gasteiger partial charge in [0.05, 0.1) is 0 Å². The molecule has 1 amide bonds. The maximum Gasteiger partial charge on any atom is 0.320 e. The molecule has 1 aliphatic heterocycles. The van der Waals surface area contributed by atoms with Gasteiger partial charge >= 0.3 is 5.97 Å². The van der Waals surface area contributed by atoms with E-state index in [-0.39, 0.29) is 6.04 Å². The minimum absolute atomic E-state index is 0.279. The first-order valence-electron chi connectivity index (χ1n) is 4.66. The summed E-state index contributed by atoms with van der Waals surface area (Å²) in [5.41, 5.74) is 0. The van der Waals surface area contributed by atoms with Crippen molar-refractivity contribution in [1.82, 2.24) is 10.2 Å². The van der Waals surface area contributed by atoms with Gasteiger partial charge in [0.15, 0.2) is 0 Å². The number of carboxylic acid groups (broad SMARTS) is 1. The normalized spacial score (nSPS) is 20.3. The lowest BCUT2D eigenvalue weighted by molar-refractivity contribution is -0.140. The molecule has 1 aliphatic rings. The first-order chi connectivity index (χ1) is 6.57. The minimum Gasteiger partial charge on any atom is -0.480 e. The van der Waals surface area contributed by atoms with Gasteiger partial charge < -0.3 is 15.3 Å². The van der Waals surface area contributed by atoms with E-state index < -0.39 is 5.97 Å². The lowest BCUT2D eigenvalue weighted by Gasteiger charge is -2.18. The van der Waals surface area contributed by atoms with Gasteiger partial charge in [0.25, 0.3) is 0 Å². The zero-order valence-corrected chi connectivity index (χ0v) is 8.69. The zero-order valence-electron chi connectivity index (χ0n) is 8.69. The number of aliphatic carboxylic acids is 1. The molecule has 0 aromatic heterocycles. The molecule has 1 unspecified atom stereocenters. The molecule has 0 aliphatic carbocycles. The second-order valence-corrected chi connectivity index (χ2v) is 3.41. The lowest BCUT2D eigenvalue weighted by atomic mass is 10.1. The summed E-state index contributed by atoms with van der Waals surface area (Å²) in [7, 11) is 3.38. The molecular formula is C9H18N2O3. The van der Waals surface area contributed by atoms with Crippen molar-refractivity contribution in [3.63, 3.8) is 0 Å². The van der Waals surface area contributed by atoms with Gasteiger partial charge in [0, 0.05) is 14.1 Å². The summed E-state index contributed by atoms with van der Waals surface area (Å²) in [5, 5.41) is 11.4. The van der Waals surface area contributed by atoms with E-state index in [1.165, 1.54) is 4.90 Å². The first-order valence-corrected chi connectivity index (χ1v) is 4.66. The molecule has 1 saturated heterocycles. The van der Waals surface area contributed by atoms with E-state index in [1.54, 1.807) is 14.1 Å². The molecule has 82 valence electrons. The predicted octanol–water partition coefficient (Wildman–Crippen LogP) is -0.0825. The number of hydrogen-bond donors (Lipinski definition) is 2. The molecule has 0 aromatic carbocycles. The molecule has 0 saturated carbocycles. The molecule has 1 rings (SSSR count). The summed E-state index contributed by atoms with van der Waals surface area (Å²) in [6, 6.07) is -0.279. The van der Waals surface area contributed by atoms with Crippen LogP contribution in [0.25, 0.3) is 0 Å². The number of piperidine rings is 1. The van der Waals surface area contributed by atoms with Crippen LogP contribution in [-0.4, -0.2) is 49.1 Å². The fourth-order valence-corrected chi connectivity index (χ4v) is 1.06. The third-order valence-corrected chi connectivity index (χ3v) is 1.82. The Morgan fingerprint density at radius 2 is 2.07 bits per heavy atom. The minimum atomic E-state index is -0.713. The third-order valence-electron chi connectivity index (χ3n) is 1.82. The first kappa shape index (κ1) is 12.9.